The van der Waals surface area contributed by atoms with Gasteiger partial charge in [0.05, 0.1) is 22.0 Å². The van der Waals surface area contributed by atoms with Crippen LogP contribution in [0.25, 0.3) is 0 Å². The van der Waals surface area contributed by atoms with Crippen LogP contribution in [-0.2, 0) is 31.3 Å². The number of carbonyl (C=O) groups is 1. The Hall–Kier alpha value is -2.39. The number of nitrogens with one attached hydrogen (secondary N) is 1. The molecule has 0 unspecified atom stereocenters. The first-order valence-electron chi connectivity index (χ1n) is 8.01. The molecular weight excluding hydrogens is 376 g/mol. The lowest BCUT2D eigenvalue weighted by Crippen LogP contribution is -2.29. The zero-order chi connectivity index (χ0) is 18.9. The lowest BCUT2D eigenvalue weighted by atomic mass is 10.1. The maximum atomic E-state index is 12.6. The fourth-order valence-corrected chi connectivity index (χ4v) is 5.32. The Bertz CT molecular complexity index is 1040. The van der Waals surface area contributed by atoms with E-state index in [1.807, 2.05) is 19.1 Å². The molecule has 1 fully saturated rings. The van der Waals surface area contributed by atoms with Crippen molar-refractivity contribution in [3.63, 3.8) is 0 Å². The summed E-state index contributed by atoms with van der Waals surface area (Å²) in [6.07, 6.45) is 0.601. The van der Waals surface area contributed by atoms with Gasteiger partial charge in [-0.1, -0.05) is 25.1 Å². The molecular formula is C17H18N2O5S2. The van der Waals surface area contributed by atoms with Crippen LogP contribution in [0.2, 0.25) is 0 Å². The third-order valence-corrected chi connectivity index (χ3v) is 7.17. The molecule has 26 heavy (non-hydrogen) atoms. The van der Waals surface area contributed by atoms with E-state index in [0.717, 1.165) is 9.87 Å². The molecule has 0 aromatic heterocycles. The molecule has 1 heterocycles. The molecule has 2 aromatic carbocycles. The molecule has 9 heteroatoms. The first-order chi connectivity index (χ1) is 12.2. The molecule has 1 aliphatic heterocycles. The van der Waals surface area contributed by atoms with E-state index in [-0.39, 0.29) is 22.8 Å². The van der Waals surface area contributed by atoms with Crippen LogP contribution in [0.5, 0.6) is 0 Å². The van der Waals surface area contributed by atoms with Crippen LogP contribution in [0.15, 0.2) is 53.4 Å². The van der Waals surface area contributed by atoms with E-state index in [0.29, 0.717) is 12.1 Å². The number of hydrogen-bond acceptors (Lipinski definition) is 5. The lowest BCUT2D eigenvalue weighted by molar-refractivity contribution is -0.116. The number of para-hydroxylation sites is 1. The number of hydrogen-bond donors (Lipinski definition) is 1. The zero-order valence-electron chi connectivity index (χ0n) is 14.0. The molecule has 1 saturated heterocycles. The second-order valence-corrected chi connectivity index (χ2v) is 9.45. The Balaban J connectivity index is 1.89. The second kappa shape index (κ2) is 6.73. The quantitative estimate of drug-likeness (QED) is 0.837. The highest BCUT2D eigenvalue weighted by molar-refractivity contribution is 7.94. The Kier molecular flexibility index (Phi) is 4.76. The first kappa shape index (κ1) is 18.4. The van der Waals surface area contributed by atoms with Crippen LogP contribution in [0.1, 0.15) is 18.9 Å². The van der Waals surface area contributed by atoms with Crippen LogP contribution in [0.3, 0.4) is 0 Å². The molecule has 0 saturated carbocycles. The minimum absolute atomic E-state index is 0.0174. The van der Waals surface area contributed by atoms with Crippen molar-refractivity contribution < 1.29 is 21.6 Å². The molecule has 0 atom stereocenters. The normalized spacial score (nSPS) is 16.7. The van der Waals surface area contributed by atoms with Gasteiger partial charge in [0.1, 0.15) is 0 Å². The number of nitrogens with zero attached hydrogens (tertiary/aromatic N) is 1. The third-order valence-electron chi connectivity index (χ3n) is 4.10. The van der Waals surface area contributed by atoms with E-state index in [9.17, 15) is 21.6 Å². The van der Waals surface area contributed by atoms with Gasteiger partial charge in [-0.15, -0.1) is 0 Å². The SMILES string of the molecule is CCc1ccccc1NS(=O)(=O)c1ccc(N2C(=O)CCS2(=O)=O)cc1. The van der Waals surface area contributed by atoms with Gasteiger partial charge >= 0.3 is 0 Å². The Morgan fingerprint density at radius 2 is 1.73 bits per heavy atom. The second-order valence-electron chi connectivity index (χ2n) is 5.83. The minimum atomic E-state index is -3.83. The van der Waals surface area contributed by atoms with Crippen LogP contribution >= 0.6 is 0 Å². The molecule has 3 rings (SSSR count). The summed E-state index contributed by atoms with van der Waals surface area (Å²) in [5.41, 5.74) is 1.50. The smallest absolute Gasteiger partial charge is 0.261 e. The van der Waals surface area contributed by atoms with Crippen molar-refractivity contribution in [3.8, 4) is 0 Å². The summed E-state index contributed by atoms with van der Waals surface area (Å²) >= 11 is 0. The van der Waals surface area contributed by atoms with E-state index in [1.165, 1.54) is 24.3 Å². The fraction of sp³-hybridized carbons (Fsp3) is 0.235. The molecule has 7 nitrogen and oxygen atoms in total. The summed E-state index contributed by atoms with van der Waals surface area (Å²) < 4.78 is 52.3. The predicted molar refractivity (Wildman–Crippen MR) is 99.0 cm³/mol. The van der Waals surface area contributed by atoms with Gasteiger partial charge in [0.2, 0.25) is 15.9 Å². The summed E-state index contributed by atoms with van der Waals surface area (Å²) in [6, 6.07) is 12.3. The molecule has 2 aromatic rings. The molecule has 1 aliphatic rings. The van der Waals surface area contributed by atoms with Crippen molar-refractivity contribution in [2.75, 3.05) is 14.8 Å². The topological polar surface area (TPSA) is 101 Å². The summed E-state index contributed by atoms with van der Waals surface area (Å²) in [5.74, 6) is -0.753. The van der Waals surface area contributed by atoms with Crippen molar-refractivity contribution in [3.05, 3.63) is 54.1 Å². The van der Waals surface area contributed by atoms with E-state index in [2.05, 4.69) is 4.72 Å². The molecule has 0 radical (unpaired) electrons. The van der Waals surface area contributed by atoms with Crippen molar-refractivity contribution >= 4 is 37.3 Å². The van der Waals surface area contributed by atoms with Crippen LogP contribution < -0.4 is 9.03 Å². The fourth-order valence-electron chi connectivity index (χ4n) is 2.76. The van der Waals surface area contributed by atoms with Gasteiger partial charge in [-0.05, 0) is 42.3 Å². The van der Waals surface area contributed by atoms with Gasteiger partial charge in [-0.25, -0.2) is 21.1 Å². The van der Waals surface area contributed by atoms with Crippen molar-refractivity contribution in [2.45, 2.75) is 24.7 Å². The van der Waals surface area contributed by atoms with Crippen molar-refractivity contribution in [1.29, 1.82) is 0 Å². The van der Waals surface area contributed by atoms with Crippen LogP contribution in [-0.4, -0.2) is 28.5 Å². The molecule has 0 bridgehead atoms. The molecule has 1 amide bonds. The van der Waals surface area contributed by atoms with E-state index >= 15 is 0 Å². The number of benzene rings is 2. The number of anilines is 2. The maximum Gasteiger partial charge on any atom is 0.261 e. The Labute approximate surface area is 152 Å². The van der Waals surface area contributed by atoms with Gasteiger partial charge < -0.3 is 0 Å². The molecule has 1 N–H and O–H groups in total. The standard InChI is InChI=1S/C17H18N2O5S2/c1-2-13-5-3-4-6-16(13)18-26(23,24)15-9-7-14(8-10-15)19-17(20)11-12-25(19,21)22/h3-10,18H,2,11-12H2,1H3. The lowest BCUT2D eigenvalue weighted by Gasteiger charge is -2.16. The van der Waals surface area contributed by atoms with E-state index in [4.69, 9.17) is 0 Å². The molecule has 0 spiro atoms. The third kappa shape index (κ3) is 3.45. The van der Waals surface area contributed by atoms with Crippen LogP contribution in [0, 0.1) is 0 Å². The highest BCUT2D eigenvalue weighted by atomic mass is 32.2. The summed E-state index contributed by atoms with van der Waals surface area (Å²) in [5, 5.41) is 0. The average molecular weight is 394 g/mol. The maximum absolute atomic E-state index is 12.6. The first-order valence-corrected chi connectivity index (χ1v) is 11.1. The molecule has 0 aliphatic carbocycles. The monoisotopic (exact) mass is 394 g/mol. The van der Waals surface area contributed by atoms with Gasteiger partial charge in [0.25, 0.3) is 10.0 Å². The largest absolute Gasteiger partial charge is 0.279 e. The number of carbonyl (C=O) groups excluding carboxylic acids is 1. The van der Waals surface area contributed by atoms with Crippen molar-refractivity contribution in [1.82, 2.24) is 0 Å². The van der Waals surface area contributed by atoms with Crippen molar-refractivity contribution in [2.24, 2.45) is 0 Å². The Morgan fingerprint density at radius 1 is 1.08 bits per heavy atom. The number of rotatable bonds is 5. The number of aryl methyl sites for hydroxylation is 1. The zero-order valence-corrected chi connectivity index (χ0v) is 15.7. The number of sulfonamides is 2. The van der Waals surface area contributed by atoms with E-state index in [1.54, 1.807) is 12.1 Å². The summed E-state index contributed by atoms with van der Waals surface area (Å²) in [7, 11) is -7.51. The highest BCUT2D eigenvalue weighted by Crippen LogP contribution is 2.27. The Morgan fingerprint density at radius 3 is 2.31 bits per heavy atom. The van der Waals surface area contributed by atoms with Gasteiger partial charge in [-0.2, -0.15) is 0 Å². The van der Waals surface area contributed by atoms with Gasteiger partial charge in [-0.3, -0.25) is 9.52 Å². The number of amides is 1. The summed E-state index contributed by atoms with van der Waals surface area (Å²) in [6.45, 7) is 1.93. The van der Waals surface area contributed by atoms with E-state index < -0.39 is 26.0 Å². The van der Waals surface area contributed by atoms with Crippen LogP contribution in [0.4, 0.5) is 11.4 Å². The molecule has 138 valence electrons. The van der Waals surface area contributed by atoms with Gasteiger partial charge in [0.15, 0.2) is 0 Å². The van der Waals surface area contributed by atoms with Gasteiger partial charge in [0, 0.05) is 6.42 Å². The predicted octanol–water partition coefficient (Wildman–Crippen LogP) is 2.12. The average Bonchev–Trinajstić information content (AvgIpc) is 2.88. The highest BCUT2D eigenvalue weighted by Gasteiger charge is 2.36. The summed E-state index contributed by atoms with van der Waals surface area (Å²) in [4.78, 5) is 11.8. The minimum Gasteiger partial charge on any atom is -0.279 e.